The van der Waals surface area contributed by atoms with Crippen LogP contribution in [-0.4, -0.2) is 40.5 Å². The summed E-state index contributed by atoms with van der Waals surface area (Å²) < 4.78 is 5.44. The number of H-pyrrole nitrogens is 1. The Kier molecular flexibility index (Phi) is 5.41. The molecule has 1 aromatic carbocycles. The quantitative estimate of drug-likeness (QED) is 0.847. The minimum Gasteiger partial charge on any atom is -0.452 e. The predicted octanol–water partition coefficient (Wildman–Crippen LogP) is 3.43. The number of piperidine rings is 1. The van der Waals surface area contributed by atoms with E-state index in [4.69, 9.17) is 4.74 Å². The molecule has 0 saturated carbocycles. The van der Waals surface area contributed by atoms with Crippen LogP contribution in [0.3, 0.4) is 0 Å². The number of rotatable bonds is 5. The number of carbonyl (C=O) groups is 2. The number of ether oxygens (including phenoxy) is 1. The molecule has 1 aliphatic heterocycles. The molecule has 2 heterocycles. The average Bonchev–Trinajstić information content (AvgIpc) is 3.04. The highest BCUT2D eigenvalue weighted by Crippen LogP contribution is 2.22. The van der Waals surface area contributed by atoms with Crippen LogP contribution in [0.1, 0.15) is 45.1 Å². The largest absolute Gasteiger partial charge is 0.452 e. The van der Waals surface area contributed by atoms with E-state index in [0.29, 0.717) is 0 Å². The van der Waals surface area contributed by atoms with Crippen molar-refractivity contribution in [2.75, 3.05) is 6.54 Å². The normalized spacial score (nSPS) is 19.0. The molecule has 0 spiro atoms. The molecular formula is C20H26N2O3. The lowest BCUT2D eigenvalue weighted by Crippen LogP contribution is -2.48. The highest BCUT2D eigenvalue weighted by molar-refractivity contribution is 5.88. The summed E-state index contributed by atoms with van der Waals surface area (Å²) in [6.07, 6.45) is 5.44. The standard InChI is InChI=1S/C20H26N2O3/c1-3-16-8-6-7-11-22(16)20(24)14(2)25-19(23)12-15-13-21-18-10-5-4-9-17(15)18/h4-5,9-10,13-14,16,21H,3,6-8,11-12H2,1-2H3. The number of amides is 1. The zero-order chi connectivity index (χ0) is 17.8. The van der Waals surface area contributed by atoms with Crippen molar-refractivity contribution in [3.63, 3.8) is 0 Å². The first-order valence-corrected chi connectivity index (χ1v) is 9.15. The predicted molar refractivity (Wildman–Crippen MR) is 97.2 cm³/mol. The number of nitrogens with one attached hydrogen (secondary N) is 1. The van der Waals surface area contributed by atoms with Gasteiger partial charge >= 0.3 is 5.97 Å². The fourth-order valence-electron chi connectivity index (χ4n) is 3.67. The lowest BCUT2D eigenvalue weighted by molar-refractivity contribution is -0.160. The number of aromatic amines is 1. The number of para-hydroxylation sites is 1. The van der Waals surface area contributed by atoms with Gasteiger partial charge in [0.05, 0.1) is 6.42 Å². The first kappa shape index (κ1) is 17.5. The number of benzene rings is 1. The molecule has 3 rings (SSSR count). The van der Waals surface area contributed by atoms with E-state index in [1.807, 2.05) is 35.4 Å². The molecular weight excluding hydrogens is 316 g/mol. The number of nitrogens with zero attached hydrogens (tertiary/aromatic N) is 1. The summed E-state index contributed by atoms with van der Waals surface area (Å²) in [5, 5.41) is 1.01. The zero-order valence-corrected chi connectivity index (χ0v) is 15.0. The van der Waals surface area contributed by atoms with Crippen molar-refractivity contribution in [3.05, 3.63) is 36.0 Å². The van der Waals surface area contributed by atoms with Gasteiger partial charge in [-0.05, 0) is 44.2 Å². The van der Waals surface area contributed by atoms with Crippen LogP contribution < -0.4 is 0 Å². The molecule has 0 aliphatic carbocycles. The van der Waals surface area contributed by atoms with Crippen molar-refractivity contribution >= 4 is 22.8 Å². The molecule has 1 aliphatic rings. The van der Waals surface area contributed by atoms with Gasteiger partial charge in [0.1, 0.15) is 0 Å². The summed E-state index contributed by atoms with van der Waals surface area (Å²) in [6, 6.07) is 8.11. The van der Waals surface area contributed by atoms with Gasteiger partial charge in [-0.3, -0.25) is 9.59 Å². The van der Waals surface area contributed by atoms with Crippen molar-refractivity contribution in [1.29, 1.82) is 0 Å². The van der Waals surface area contributed by atoms with Crippen molar-refractivity contribution in [1.82, 2.24) is 9.88 Å². The number of esters is 1. The van der Waals surface area contributed by atoms with Gasteiger partial charge in [0.15, 0.2) is 6.10 Å². The molecule has 1 amide bonds. The number of likely N-dealkylation sites (tertiary alicyclic amines) is 1. The third kappa shape index (κ3) is 3.86. The van der Waals surface area contributed by atoms with Gasteiger partial charge in [-0.1, -0.05) is 25.1 Å². The molecule has 1 aromatic heterocycles. The summed E-state index contributed by atoms with van der Waals surface area (Å²) in [5.41, 5.74) is 1.89. The number of fused-ring (bicyclic) bond motifs is 1. The summed E-state index contributed by atoms with van der Waals surface area (Å²) in [6.45, 7) is 4.54. The Bertz CT molecular complexity index is 752. The van der Waals surface area contributed by atoms with Gasteiger partial charge < -0.3 is 14.6 Å². The minimum atomic E-state index is -0.732. The van der Waals surface area contributed by atoms with E-state index in [9.17, 15) is 9.59 Å². The molecule has 0 bridgehead atoms. The van der Waals surface area contributed by atoms with Crippen LogP contribution in [0.5, 0.6) is 0 Å². The monoisotopic (exact) mass is 342 g/mol. The molecule has 5 nitrogen and oxygen atoms in total. The maximum atomic E-state index is 12.7. The Labute approximate surface area is 148 Å². The number of carbonyl (C=O) groups excluding carboxylic acids is 2. The van der Waals surface area contributed by atoms with E-state index >= 15 is 0 Å². The van der Waals surface area contributed by atoms with Crippen LogP contribution >= 0.6 is 0 Å². The molecule has 0 radical (unpaired) electrons. The maximum absolute atomic E-state index is 12.7. The SMILES string of the molecule is CCC1CCCCN1C(=O)C(C)OC(=O)Cc1c[nH]c2ccccc12. The Morgan fingerprint density at radius 3 is 2.92 bits per heavy atom. The average molecular weight is 342 g/mol. The highest BCUT2D eigenvalue weighted by atomic mass is 16.5. The Morgan fingerprint density at radius 1 is 1.32 bits per heavy atom. The third-order valence-electron chi connectivity index (χ3n) is 5.05. The fourth-order valence-corrected chi connectivity index (χ4v) is 3.67. The molecule has 2 atom stereocenters. The number of hydrogen-bond donors (Lipinski definition) is 1. The van der Waals surface area contributed by atoms with E-state index in [0.717, 1.165) is 48.7 Å². The van der Waals surface area contributed by atoms with Gasteiger partial charge in [0.25, 0.3) is 5.91 Å². The number of hydrogen-bond acceptors (Lipinski definition) is 3. The minimum absolute atomic E-state index is 0.0705. The second kappa shape index (κ2) is 7.72. The zero-order valence-electron chi connectivity index (χ0n) is 15.0. The smallest absolute Gasteiger partial charge is 0.311 e. The van der Waals surface area contributed by atoms with E-state index in [1.54, 1.807) is 6.92 Å². The molecule has 25 heavy (non-hydrogen) atoms. The second-order valence-corrected chi connectivity index (χ2v) is 6.76. The van der Waals surface area contributed by atoms with E-state index in [2.05, 4.69) is 11.9 Å². The summed E-state index contributed by atoms with van der Waals surface area (Å²) in [4.78, 5) is 30.0. The van der Waals surface area contributed by atoms with Gasteiger partial charge in [-0.15, -0.1) is 0 Å². The lowest BCUT2D eigenvalue weighted by Gasteiger charge is -2.36. The number of aromatic nitrogens is 1. The van der Waals surface area contributed by atoms with Gasteiger partial charge in [-0.2, -0.15) is 0 Å². The summed E-state index contributed by atoms with van der Waals surface area (Å²) in [7, 11) is 0. The van der Waals surface area contributed by atoms with Crippen LogP contribution in [0.25, 0.3) is 10.9 Å². The van der Waals surface area contributed by atoms with Gasteiger partial charge in [0.2, 0.25) is 0 Å². The van der Waals surface area contributed by atoms with Gasteiger partial charge in [-0.25, -0.2) is 0 Å². The lowest BCUT2D eigenvalue weighted by atomic mass is 9.99. The van der Waals surface area contributed by atoms with Crippen LogP contribution in [0.2, 0.25) is 0 Å². The maximum Gasteiger partial charge on any atom is 0.311 e. The molecule has 1 fully saturated rings. The van der Waals surface area contributed by atoms with E-state index in [1.165, 1.54) is 0 Å². The first-order chi connectivity index (χ1) is 12.1. The van der Waals surface area contributed by atoms with E-state index in [-0.39, 0.29) is 24.3 Å². The van der Waals surface area contributed by atoms with Crippen molar-refractivity contribution < 1.29 is 14.3 Å². The third-order valence-corrected chi connectivity index (χ3v) is 5.05. The summed E-state index contributed by atoms with van der Waals surface area (Å²) >= 11 is 0. The molecule has 1 N–H and O–H groups in total. The van der Waals surface area contributed by atoms with Crippen molar-refractivity contribution in [3.8, 4) is 0 Å². The summed E-state index contributed by atoms with van der Waals surface area (Å²) in [5.74, 6) is -0.436. The Morgan fingerprint density at radius 2 is 2.12 bits per heavy atom. The van der Waals surface area contributed by atoms with Crippen molar-refractivity contribution in [2.45, 2.75) is 58.1 Å². The van der Waals surface area contributed by atoms with Crippen LogP contribution in [0, 0.1) is 0 Å². The molecule has 2 unspecified atom stereocenters. The second-order valence-electron chi connectivity index (χ2n) is 6.76. The van der Waals surface area contributed by atoms with Gasteiger partial charge in [0, 0.05) is 29.7 Å². The van der Waals surface area contributed by atoms with Crippen LogP contribution in [-0.2, 0) is 20.7 Å². The fraction of sp³-hybridized carbons (Fsp3) is 0.500. The topological polar surface area (TPSA) is 62.4 Å². The Balaban J connectivity index is 1.61. The molecule has 5 heteroatoms. The van der Waals surface area contributed by atoms with Crippen LogP contribution in [0.4, 0.5) is 0 Å². The molecule has 2 aromatic rings. The Hall–Kier alpha value is -2.30. The molecule has 1 saturated heterocycles. The first-order valence-electron chi connectivity index (χ1n) is 9.15. The van der Waals surface area contributed by atoms with E-state index < -0.39 is 6.10 Å². The van der Waals surface area contributed by atoms with Crippen molar-refractivity contribution in [2.24, 2.45) is 0 Å². The highest BCUT2D eigenvalue weighted by Gasteiger charge is 2.30. The molecule has 134 valence electrons. The van der Waals surface area contributed by atoms with Crippen LogP contribution in [0.15, 0.2) is 30.5 Å².